The van der Waals surface area contributed by atoms with E-state index in [2.05, 4.69) is 19.8 Å². The summed E-state index contributed by atoms with van der Waals surface area (Å²) >= 11 is 5.89. The molecule has 0 atom stereocenters. The topological polar surface area (TPSA) is 69.6 Å². The fourth-order valence-corrected chi connectivity index (χ4v) is 3.57. The van der Waals surface area contributed by atoms with Crippen molar-refractivity contribution in [3.63, 3.8) is 0 Å². The van der Waals surface area contributed by atoms with Crippen LogP contribution in [0.2, 0.25) is 5.02 Å². The molecule has 3 aromatic rings. The van der Waals surface area contributed by atoms with Gasteiger partial charge < -0.3 is 14.9 Å². The van der Waals surface area contributed by atoms with E-state index in [4.69, 9.17) is 11.6 Å². The molecule has 4 rings (SSSR count). The van der Waals surface area contributed by atoms with Gasteiger partial charge in [-0.25, -0.2) is 19.2 Å². The van der Waals surface area contributed by atoms with E-state index in [1.54, 1.807) is 30.5 Å². The Kier molecular flexibility index (Phi) is 4.53. The van der Waals surface area contributed by atoms with Crippen LogP contribution in [0, 0.1) is 5.82 Å². The number of aromatic carboxylic acids is 1. The number of carboxylic acid groups (broad SMARTS) is 1. The van der Waals surface area contributed by atoms with Crippen molar-refractivity contribution in [3.05, 3.63) is 59.3 Å². The van der Waals surface area contributed by atoms with Crippen LogP contribution in [0.25, 0.3) is 10.9 Å². The third-order valence-electron chi connectivity index (χ3n) is 4.77. The first-order valence-corrected chi connectivity index (χ1v) is 8.83. The summed E-state index contributed by atoms with van der Waals surface area (Å²) in [4.78, 5) is 24.0. The van der Waals surface area contributed by atoms with E-state index in [1.807, 2.05) is 0 Å². The zero-order valence-electron chi connectivity index (χ0n) is 14.3. The predicted molar refractivity (Wildman–Crippen MR) is 102 cm³/mol. The van der Waals surface area contributed by atoms with Crippen LogP contribution < -0.4 is 9.80 Å². The van der Waals surface area contributed by atoms with Crippen LogP contribution >= 0.6 is 11.6 Å². The van der Waals surface area contributed by atoms with Gasteiger partial charge in [-0.3, -0.25) is 0 Å². The zero-order valence-corrected chi connectivity index (χ0v) is 15.0. The number of rotatable bonds is 3. The van der Waals surface area contributed by atoms with E-state index in [0.717, 1.165) is 42.9 Å². The first kappa shape index (κ1) is 17.5. The number of benzene rings is 2. The molecule has 6 nitrogen and oxygen atoms in total. The summed E-state index contributed by atoms with van der Waals surface area (Å²) in [6.45, 7) is 2.92. The lowest BCUT2D eigenvalue weighted by molar-refractivity contribution is 0.0699. The highest BCUT2D eigenvalue weighted by Crippen LogP contribution is 2.30. The van der Waals surface area contributed by atoms with Gasteiger partial charge in [-0.2, -0.15) is 0 Å². The van der Waals surface area contributed by atoms with E-state index < -0.39 is 11.8 Å². The molecule has 1 aliphatic heterocycles. The quantitative estimate of drug-likeness (QED) is 0.743. The first-order valence-electron chi connectivity index (χ1n) is 8.45. The van der Waals surface area contributed by atoms with Crippen LogP contribution in [0.15, 0.2) is 42.9 Å². The maximum absolute atomic E-state index is 13.4. The van der Waals surface area contributed by atoms with Gasteiger partial charge in [-0.05, 0) is 30.3 Å². The zero-order chi connectivity index (χ0) is 19.0. The predicted octanol–water partition coefficient (Wildman–Crippen LogP) is 3.45. The first-order chi connectivity index (χ1) is 13.0. The van der Waals surface area contributed by atoms with Gasteiger partial charge in [0.05, 0.1) is 16.1 Å². The van der Waals surface area contributed by atoms with E-state index >= 15 is 0 Å². The summed E-state index contributed by atoms with van der Waals surface area (Å²) in [7, 11) is 0. The van der Waals surface area contributed by atoms with E-state index in [9.17, 15) is 14.3 Å². The van der Waals surface area contributed by atoms with Crippen molar-refractivity contribution in [1.29, 1.82) is 0 Å². The second kappa shape index (κ2) is 7.00. The molecule has 2 aromatic carbocycles. The maximum atomic E-state index is 13.4. The number of halogens is 2. The molecule has 0 radical (unpaired) electrons. The summed E-state index contributed by atoms with van der Waals surface area (Å²) < 4.78 is 13.4. The van der Waals surface area contributed by atoms with Crippen LogP contribution in [0.5, 0.6) is 0 Å². The molecule has 138 valence electrons. The Morgan fingerprint density at radius 2 is 1.85 bits per heavy atom. The third kappa shape index (κ3) is 3.26. The molecule has 0 spiro atoms. The van der Waals surface area contributed by atoms with Gasteiger partial charge in [0.2, 0.25) is 0 Å². The Labute approximate surface area is 159 Å². The maximum Gasteiger partial charge on any atom is 0.337 e. The number of piperazine rings is 1. The summed E-state index contributed by atoms with van der Waals surface area (Å²) in [5.41, 5.74) is 2.39. The molecule has 0 unspecified atom stereocenters. The van der Waals surface area contributed by atoms with E-state index in [0.29, 0.717) is 5.52 Å². The van der Waals surface area contributed by atoms with Gasteiger partial charge in [0.1, 0.15) is 12.1 Å². The molecule has 1 N–H and O–H groups in total. The van der Waals surface area contributed by atoms with Crippen molar-refractivity contribution in [2.45, 2.75) is 0 Å². The minimum atomic E-state index is -1.01. The molecule has 1 aliphatic rings. The van der Waals surface area contributed by atoms with Crippen molar-refractivity contribution >= 4 is 39.8 Å². The van der Waals surface area contributed by atoms with Crippen molar-refractivity contribution in [1.82, 2.24) is 9.97 Å². The molecule has 0 aliphatic carbocycles. The lowest BCUT2D eigenvalue weighted by Crippen LogP contribution is -2.46. The van der Waals surface area contributed by atoms with Crippen LogP contribution in [-0.4, -0.2) is 47.2 Å². The Balaban J connectivity index is 1.59. The molecule has 0 saturated carbocycles. The summed E-state index contributed by atoms with van der Waals surface area (Å²) in [6, 6.07) is 8.12. The number of carbonyl (C=O) groups is 1. The number of hydrogen-bond acceptors (Lipinski definition) is 5. The van der Waals surface area contributed by atoms with Gasteiger partial charge in [0, 0.05) is 49.1 Å². The van der Waals surface area contributed by atoms with Crippen LogP contribution in [0.3, 0.4) is 0 Å². The summed E-state index contributed by atoms with van der Waals surface area (Å²) in [6.07, 6.45) is 3.00. The lowest BCUT2D eigenvalue weighted by atomic mass is 10.1. The third-order valence-corrected chi connectivity index (χ3v) is 5.06. The van der Waals surface area contributed by atoms with E-state index in [-0.39, 0.29) is 10.6 Å². The Bertz CT molecular complexity index is 1020. The Morgan fingerprint density at radius 3 is 2.56 bits per heavy atom. The van der Waals surface area contributed by atoms with Gasteiger partial charge in [0.25, 0.3) is 0 Å². The van der Waals surface area contributed by atoms with Gasteiger partial charge in [-0.1, -0.05) is 11.6 Å². The molecule has 1 aromatic heterocycles. The number of aromatic nitrogens is 2. The minimum absolute atomic E-state index is 0.113. The molecule has 8 heteroatoms. The van der Waals surface area contributed by atoms with Crippen LogP contribution in [-0.2, 0) is 0 Å². The van der Waals surface area contributed by atoms with E-state index in [1.165, 1.54) is 12.4 Å². The molecule has 0 amide bonds. The Hall–Kier alpha value is -2.93. The highest BCUT2D eigenvalue weighted by Gasteiger charge is 2.21. The van der Waals surface area contributed by atoms with Crippen molar-refractivity contribution in [3.8, 4) is 0 Å². The molecule has 0 bridgehead atoms. The van der Waals surface area contributed by atoms with Crippen molar-refractivity contribution < 1.29 is 14.3 Å². The molecule has 1 saturated heterocycles. The highest BCUT2D eigenvalue weighted by molar-refractivity contribution is 6.31. The normalized spacial score (nSPS) is 14.6. The van der Waals surface area contributed by atoms with Crippen LogP contribution in [0.1, 0.15) is 10.4 Å². The lowest BCUT2D eigenvalue weighted by Gasteiger charge is -2.37. The Morgan fingerprint density at radius 1 is 1.11 bits per heavy atom. The van der Waals surface area contributed by atoms with Gasteiger partial charge in [-0.15, -0.1) is 0 Å². The average molecular weight is 387 g/mol. The van der Waals surface area contributed by atoms with Crippen molar-refractivity contribution in [2.24, 2.45) is 0 Å². The summed E-state index contributed by atoms with van der Waals surface area (Å²) in [5.74, 6) is -1.44. The number of carboxylic acids is 1. The number of hydrogen-bond donors (Lipinski definition) is 1. The fourth-order valence-electron chi connectivity index (χ4n) is 3.40. The number of anilines is 2. The second-order valence-electron chi connectivity index (χ2n) is 6.29. The standard InChI is InChI=1S/C19H16ClFN4O2/c20-15-9-12(1-3-16(15)21)24-5-7-25(8-6-24)17-4-2-13(19(26)27)18-14(17)10-22-11-23-18/h1-4,9-11H,5-8H2,(H,26,27). The molecule has 27 heavy (non-hydrogen) atoms. The number of fused-ring (bicyclic) bond motifs is 1. The molecular weight excluding hydrogens is 371 g/mol. The fraction of sp³-hybridized carbons (Fsp3) is 0.211. The van der Waals surface area contributed by atoms with Gasteiger partial charge in [0.15, 0.2) is 0 Å². The minimum Gasteiger partial charge on any atom is -0.478 e. The smallest absolute Gasteiger partial charge is 0.337 e. The SMILES string of the molecule is O=C(O)c1ccc(N2CCN(c3ccc(F)c(Cl)c3)CC2)c2cncnc12. The molecule has 2 heterocycles. The summed E-state index contributed by atoms with van der Waals surface area (Å²) in [5, 5.41) is 10.2. The van der Waals surface area contributed by atoms with Gasteiger partial charge >= 0.3 is 5.97 Å². The largest absolute Gasteiger partial charge is 0.478 e. The molecular formula is C19H16ClFN4O2. The van der Waals surface area contributed by atoms with Crippen molar-refractivity contribution in [2.75, 3.05) is 36.0 Å². The number of nitrogens with zero attached hydrogens (tertiary/aromatic N) is 4. The monoisotopic (exact) mass is 386 g/mol. The molecule has 1 fully saturated rings. The average Bonchev–Trinajstić information content (AvgIpc) is 2.69. The highest BCUT2D eigenvalue weighted by atomic mass is 35.5. The van der Waals surface area contributed by atoms with Crippen LogP contribution in [0.4, 0.5) is 15.8 Å². The second-order valence-corrected chi connectivity index (χ2v) is 6.70.